The highest BCUT2D eigenvalue weighted by Gasteiger charge is 2.20. The maximum absolute atomic E-state index is 10.9. The Morgan fingerprint density at radius 3 is 2.58 bits per heavy atom. The van der Waals surface area contributed by atoms with Crippen LogP contribution < -0.4 is 0 Å². The van der Waals surface area contributed by atoms with Crippen molar-refractivity contribution < 1.29 is 10.0 Å². The lowest BCUT2D eigenvalue weighted by Gasteiger charge is -2.32. The fourth-order valence-corrected chi connectivity index (χ4v) is 3.08. The zero-order chi connectivity index (χ0) is 17.1. The Morgan fingerprint density at radius 2 is 1.96 bits per heavy atom. The number of phenols is 1. The second kappa shape index (κ2) is 6.84. The van der Waals surface area contributed by atoms with Crippen LogP contribution in [-0.2, 0) is 0 Å². The van der Waals surface area contributed by atoms with E-state index in [0.29, 0.717) is 0 Å². The molecule has 5 nitrogen and oxygen atoms in total. The molecule has 2 aromatic rings. The second-order valence-corrected chi connectivity index (χ2v) is 6.05. The van der Waals surface area contributed by atoms with Crippen LogP contribution in [0, 0.1) is 10.1 Å². The third-order valence-corrected chi connectivity index (χ3v) is 4.59. The Morgan fingerprint density at radius 1 is 1.21 bits per heavy atom. The van der Waals surface area contributed by atoms with Crippen LogP contribution >= 0.6 is 0 Å². The van der Waals surface area contributed by atoms with Crippen LogP contribution in [0.5, 0.6) is 5.75 Å². The average Bonchev–Trinajstić information content (AvgIpc) is 2.62. The van der Waals surface area contributed by atoms with Gasteiger partial charge in [0.25, 0.3) is 5.69 Å². The summed E-state index contributed by atoms with van der Waals surface area (Å²) in [5.41, 5.74) is 3.51. The summed E-state index contributed by atoms with van der Waals surface area (Å²) in [6.07, 6.45) is 3.12. The average molecular weight is 324 g/mol. The molecular formula is C19H20N2O3. The van der Waals surface area contributed by atoms with Crippen molar-refractivity contribution in [2.24, 2.45) is 0 Å². The van der Waals surface area contributed by atoms with Crippen molar-refractivity contribution in [3.63, 3.8) is 0 Å². The van der Waals surface area contributed by atoms with Gasteiger partial charge in [0.05, 0.1) is 4.92 Å². The number of phenolic OH excluding ortho intramolecular Hbond substituents is 1. The molecule has 2 aromatic carbocycles. The molecule has 0 saturated carbocycles. The maximum Gasteiger partial charge on any atom is 0.269 e. The Hall–Kier alpha value is -2.66. The molecule has 24 heavy (non-hydrogen) atoms. The van der Waals surface area contributed by atoms with Gasteiger partial charge in [-0.1, -0.05) is 30.3 Å². The molecular weight excluding hydrogens is 304 g/mol. The Bertz CT molecular complexity index is 768. The zero-order valence-corrected chi connectivity index (χ0v) is 13.6. The Balaban J connectivity index is 1.72. The van der Waals surface area contributed by atoms with Gasteiger partial charge in [0.2, 0.25) is 0 Å². The SMILES string of the molecule is CC(c1cccc([N+](=O)[O-])c1)N1CC=C(c2ccc(O)cc2)CC1. The summed E-state index contributed by atoms with van der Waals surface area (Å²) in [5.74, 6) is 0.274. The van der Waals surface area contributed by atoms with Crippen molar-refractivity contribution in [2.75, 3.05) is 13.1 Å². The van der Waals surface area contributed by atoms with E-state index in [4.69, 9.17) is 0 Å². The van der Waals surface area contributed by atoms with Crippen LogP contribution in [-0.4, -0.2) is 28.0 Å². The van der Waals surface area contributed by atoms with E-state index >= 15 is 0 Å². The molecule has 1 aliphatic heterocycles. The molecule has 0 saturated heterocycles. The molecule has 0 bridgehead atoms. The summed E-state index contributed by atoms with van der Waals surface area (Å²) in [6.45, 7) is 3.79. The smallest absolute Gasteiger partial charge is 0.269 e. The number of nitrogens with zero attached hydrogens (tertiary/aromatic N) is 2. The monoisotopic (exact) mass is 324 g/mol. The number of benzene rings is 2. The number of nitro groups is 1. The van der Waals surface area contributed by atoms with Crippen molar-refractivity contribution in [1.29, 1.82) is 0 Å². The zero-order valence-electron chi connectivity index (χ0n) is 13.6. The van der Waals surface area contributed by atoms with E-state index in [1.165, 1.54) is 11.6 Å². The van der Waals surface area contributed by atoms with E-state index in [-0.39, 0.29) is 22.4 Å². The van der Waals surface area contributed by atoms with Crippen molar-refractivity contribution in [1.82, 2.24) is 4.90 Å². The Kier molecular flexibility index (Phi) is 4.62. The van der Waals surface area contributed by atoms with Gasteiger partial charge in [0.15, 0.2) is 0 Å². The fourth-order valence-electron chi connectivity index (χ4n) is 3.08. The van der Waals surface area contributed by atoms with Gasteiger partial charge in [-0.2, -0.15) is 0 Å². The number of rotatable bonds is 4. The molecule has 0 spiro atoms. The molecule has 0 amide bonds. The van der Waals surface area contributed by atoms with Crippen molar-refractivity contribution in [2.45, 2.75) is 19.4 Å². The molecule has 0 radical (unpaired) electrons. The molecule has 3 rings (SSSR count). The first kappa shape index (κ1) is 16.2. The highest BCUT2D eigenvalue weighted by atomic mass is 16.6. The van der Waals surface area contributed by atoms with E-state index in [1.807, 2.05) is 18.2 Å². The van der Waals surface area contributed by atoms with Gasteiger partial charge in [-0.25, -0.2) is 0 Å². The molecule has 1 aliphatic rings. The molecule has 5 heteroatoms. The first-order chi connectivity index (χ1) is 11.5. The van der Waals surface area contributed by atoms with Crippen molar-refractivity contribution in [3.05, 3.63) is 75.8 Å². The molecule has 0 fully saturated rings. The summed E-state index contributed by atoms with van der Waals surface area (Å²) in [5, 5.41) is 20.3. The molecule has 0 aliphatic carbocycles. The summed E-state index contributed by atoms with van der Waals surface area (Å²) in [4.78, 5) is 12.9. The first-order valence-corrected chi connectivity index (χ1v) is 8.01. The lowest BCUT2D eigenvalue weighted by molar-refractivity contribution is -0.384. The van der Waals surface area contributed by atoms with Crippen LogP contribution in [0.25, 0.3) is 5.57 Å². The number of non-ortho nitro benzene ring substituents is 1. The standard InChI is InChI=1S/C19H20N2O3/c1-14(17-3-2-4-18(13-17)21(23)24)20-11-9-16(10-12-20)15-5-7-19(22)8-6-15/h2-9,13-14,22H,10-12H2,1H3. The van der Waals surface area contributed by atoms with E-state index in [0.717, 1.165) is 30.6 Å². The number of nitro benzene ring substituents is 1. The predicted octanol–water partition coefficient (Wildman–Crippen LogP) is 4.15. The molecule has 1 N–H and O–H groups in total. The quantitative estimate of drug-likeness (QED) is 0.677. The van der Waals surface area contributed by atoms with Gasteiger partial charge in [-0.3, -0.25) is 15.0 Å². The third-order valence-electron chi connectivity index (χ3n) is 4.59. The molecule has 0 aromatic heterocycles. The molecule has 1 heterocycles. The summed E-state index contributed by atoms with van der Waals surface area (Å²) < 4.78 is 0. The van der Waals surface area contributed by atoms with E-state index in [2.05, 4.69) is 17.9 Å². The third kappa shape index (κ3) is 3.46. The van der Waals surface area contributed by atoms with E-state index < -0.39 is 0 Å². The lowest BCUT2D eigenvalue weighted by Crippen LogP contribution is -2.31. The van der Waals surface area contributed by atoms with Crippen LogP contribution in [0.4, 0.5) is 5.69 Å². The van der Waals surface area contributed by atoms with Crippen LogP contribution in [0.15, 0.2) is 54.6 Å². The molecule has 124 valence electrons. The normalized spacial score (nSPS) is 16.5. The molecule has 1 unspecified atom stereocenters. The van der Waals surface area contributed by atoms with Crippen molar-refractivity contribution in [3.8, 4) is 5.75 Å². The topological polar surface area (TPSA) is 66.6 Å². The minimum Gasteiger partial charge on any atom is -0.508 e. The van der Waals surface area contributed by atoms with E-state index in [9.17, 15) is 15.2 Å². The maximum atomic E-state index is 10.9. The van der Waals surface area contributed by atoms with Gasteiger partial charge in [-0.15, -0.1) is 0 Å². The van der Waals surface area contributed by atoms with Crippen molar-refractivity contribution >= 4 is 11.3 Å². The minimum absolute atomic E-state index is 0.127. The Labute approximate surface area is 141 Å². The highest BCUT2D eigenvalue weighted by Crippen LogP contribution is 2.29. The predicted molar refractivity (Wildman–Crippen MR) is 93.8 cm³/mol. The van der Waals surface area contributed by atoms with E-state index in [1.54, 1.807) is 24.3 Å². The summed E-state index contributed by atoms with van der Waals surface area (Å²) in [7, 11) is 0. The van der Waals surface area contributed by atoms with Crippen LogP contribution in [0.1, 0.15) is 30.5 Å². The van der Waals surface area contributed by atoms with Crippen LogP contribution in [0.2, 0.25) is 0 Å². The fraction of sp³-hybridized carbons (Fsp3) is 0.263. The minimum atomic E-state index is -0.352. The number of hydrogen-bond acceptors (Lipinski definition) is 4. The number of hydrogen-bond donors (Lipinski definition) is 1. The van der Waals surface area contributed by atoms with Gasteiger partial charge >= 0.3 is 0 Å². The number of aromatic hydroxyl groups is 1. The molecule has 1 atom stereocenters. The van der Waals surface area contributed by atoms with Gasteiger partial charge in [-0.05, 0) is 42.2 Å². The lowest BCUT2D eigenvalue weighted by atomic mass is 9.97. The first-order valence-electron chi connectivity index (χ1n) is 8.01. The summed E-state index contributed by atoms with van der Waals surface area (Å²) >= 11 is 0. The van der Waals surface area contributed by atoms with Gasteiger partial charge < -0.3 is 5.11 Å². The van der Waals surface area contributed by atoms with Gasteiger partial charge in [0.1, 0.15) is 5.75 Å². The highest BCUT2D eigenvalue weighted by molar-refractivity contribution is 5.67. The van der Waals surface area contributed by atoms with Crippen LogP contribution in [0.3, 0.4) is 0 Å². The van der Waals surface area contributed by atoms with Gasteiger partial charge in [0, 0.05) is 31.3 Å². The largest absolute Gasteiger partial charge is 0.508 e. The summed E-state index contributed by atoms with van der Waals surface area (Å²) in [6, 6.07) is 14.3. The second-order valence-electron chi connectivity index (χ2n) is 6.05.